The van der Waals surface area contributed by atoms with Crippen molar-refractivity contribution >= 4 is 0 Å². The van der Waals surface area contributed by atoms with Crippen molar-refractivity contribution in [3.8, 4) is 0 Å². The molecule has 0 aliphatic carbocycles. The van der Waals surface area contributed by atoms with Crippen LogP contribution in [0.1, 0.15) is 0 Å². The summed E-state index contributed by atoms with van der Waals surface area (Å²) in [6.45, 7) is 0. The van der Waals surface area contributed by atoms with Crippen LogP contribution in [0.3, 0.4) is 0 Å². The first-order valence-electron chi connectivity index (χ1n) is 0. The Kier molecular flexibility index (Phi) is 293. The van der Waals surface area contributed by atoms with Gasteiger partial charge in [-0.15, -0.1) is 0 Å². The average molecular weight is 671 g/mol. The minimum atomic E-state index is 0. The van der Waals surface area contributed by atoms with Crippen molar-refractivity contribution in [1.82, 2.24) is 0 Å². The molecule has 35 valence electrons. The fourth-order valence-electron chi connectivity index (χ4n) is 0. The Labute approximate surface area is 190 Å². The quantitative estimate of drug-likeness (QED) is 0.241. The summed E-state index contributed by atoms with van der Waals surface area (Å²) >= 11 is 0. The minimum Gasteiger partial charge on any atom is -1.00 e. The zero-order chi connectivity index (χ0) is 0. The maximum absolute atomic E-state index is 0. The molecular weight excluding hydrogens is 671 g/mol. The zero-order valence-corrected chi connectivity index (χ0v) is 19.2. The van der Waals surface area contributed by atoms with E-state index in [1.54, 1.807) is 0 Å². The summed E-state index contributed by atoms with van der Waals surface area (Å²) in [5.74, 6) is 0. The van der Waals surface area contributed by atoms with Crippen LogP contribution in [0.15, 0.2) is 0 Å². The molecule has 0 nitrogen and oxygen atoms in total. The number of rotatable bonds is 0. The maximum atomic E-state index is 0. The van der Waals surface area contributed by atoms with Gasteiger partial charge < -0.3 is 37.2 Å². The Morgan fingerprint density at radius 2 is 0.714 bits per heavy atom. The average Bonchev–Trinajstić information content (AvgIpc) is 0. The van der Waals surface area contributed by atoms with Crippen molar-refractivity contribution in [3.05, 3.63) is 0 Å². The number of hydrogen-bond acceptors (Lipinski definition) is 0. The molecule has 0 aromatic rings. The van der Waals surface area contributed by atoms with Gasteiger partial charge in [0.15, 0.2) is 0 Å². The summed E-state index contributed by atoms with van der Waals surface area (Å²) in [7, 11) is 0. The Hall–Kier alpha value is 6.16. The number of hydrogen-bond donors (Lipinski definition) is 0. The summed E-state index contributed by atoms with van der Waals surface area (Å²) in [6.07, 6.45) is 0. The topological polar surface area (TPSA) is 0 Å². The predicted molar refractivity (Wildman–Crippen MR) is 0 cm³/mol. The molecule has 0 aromatic carbocycles. The third-order valence-corrected chi connectivity index (χ3v) is 0. The van der Waals surface area contributed by atoms with Crippen molar-refractivity contribution < 1.29 is 197 Å². The molecule has 0 amide bonds. The van der Waals surface area contributed by atoms with Gasteiger partial charge in [0.1, 0.15) is 0 Å². The molecule has 0 atom stereocenters. The fourth-order valence-corrected chi connectivity index (χ4v) is 0. The first-order chi connectivity index (χ1) is 0. The van der Waals surface area contributed by atoms with Crippen LogP contribution in [-0.4, -0.2) is 0 Å². The molecule has 0 N–H and O–H groups in total. The van der Waals surface area contributed by atoms with Gasteiger partial charge in [-0.2, -0.15) is 0 Å². The second-order valence-electron chi connectivity index (χ2n) is 0. The smallest absolute Gasteiger partial charge is 1.00 e. The molecule has 0 saturated carbocycles. The summed E-state index contributed by atoms with van der Waals surface area (Å²) in [5, 5.41) is 0. The Balaban J connectivity index is 0. The van der Waals surface area contributed by atoms with Crippen molar-refractivity contribution in [2.45, 2.75) is 0 Å². The van der Waals surface area contributed by atoms with Crippen LogP contribution >= 0.6 is 0 Å². The molecular formula is CeCl3LaNdPr. The van der Waals surface area contributed by atoms with Gasteiger partial charge in [-0.3, -0.25) is 0 Å². The van der Waals surface area contributed by atoms with Crippen LogP contribution in [0.4, 0.5) is 0 Å². The van der Waals surface area contributed by atoms with E-state index in [0.29, 0.717) is 0 Å². The number of halogens is 3. The molecule has 0 aromatic heterocycles. The van der Waals surface area contributed by atoms with Gasteiger partial charge in [0.05, 0.1) is 0 Å². The van der Waals surface area contributed by atoms with Crippen molar-refractivity contribution in [1.29, 1.82) is 0 Å². The van der Waals surface area contributed by atoms with Gasteiger partial charge in [-0.1, -0.05) is 0 Å². The first-order valence-corrected chi connectivity index (χ1v) is 0. The monoisotopic (exact) mass is 667 g/mol. The standard InChI is InChI=1S/Ce.3ClH.La.Nd.Pr/h;3*1H;;;/q;;;;;+3;/p-3. The van der Waals surface area contributed by atoms with Crippen LogP contribution in [0.5, 0.6) is 0 Å². The molecule has 0 fully saturated rings. The Bertz CT molecular complexity index is 14.9. The largest absolute Gasteiger partial charge is 3.00 e. The summed E-state index contributed by atoms with van der Waals surface area (Å²) in [5.41, 5.74) is 0. The third kappa shape index (κ3) is 33.1. The van der Waals surface area contributed by atoms with Crippen molar-refractivity contribution in [2.24, 2.45) is 0 Å². The molecule has 0 aliphatic rings. The van der Waals surface area contributed by atoms with Gasteiger partial charge in [0.25, 0.3) is 0 Å². The van der Waals surface area contributed by atoms with Crippen LogP contribution in [-0.2, 0) is 0 Å². The van der Waals surface area contributed by atoms with E-state index in [2.05, 4.69) is 0 Å². The molecule has 0 rings (SSSR count). The second-order valence-corrected chi connectivity index (χ2v) is 0. The van der Waals surface area contributed by atoms with Crippen molar-refractivity contribution in [2.75, 3.05) is 0 Å². The molecule has 0 bridgehead atoms. The molecule has 0 spiro atoms. The minimum absolute atomic E-state index is 0. The SMILES string of the molecule is [Ce].[Cl-].[Cl-].[Cl-].[La].[Nd+3].[Pr]. The van der Waals surface area contributed by atoms with Crippen LogP contribution in [0, 0.1) is 159 Å². The van der Waals surface area contributed by atoms with E-state index in [-0.39, 0.29) is 197 Å². The maximum Gasteiger partial charge on any atom is 3.00 e. The van der Waals surface area contributed by atoms with E-state index in [1.165, 1.54) is 0 Å². The van der Waals surface area contributed by atoms with Gasteiger partial charge in [-0.05, 0) is 0 Å². The van der Waals surface area contributed by atoms with Gasteiger partial charge >= 0.3 is 40.8 Å². The van der Waals surface area contributed by atoms with E-state index in [1.807, 2.05) is 0 Å². The van der Waals surface area contributed by atoms with Gasteiger partial charge in [0.2, 0.25) is 0 Å². The normalized spacial score (nSPS) is 0. The Morgan fingerprint density at radius 3 is 0.714 bits per heavy atom. The van der Waals surface area contributed by atoms with E-state index < -0.39 is 0 Å². The Morgan fingerprint density at radius 1 is 0.714 bits per heavy atom. The third-order valence-electron chi connectivity index (χ3n) is 0. The molecule has 7 heavy (non-hydrogen) atoms. The fraction of sp³-hybridized carbons (Fsp3) is 0. The van der Waals surface area contributed by atoms with Crippen LogP contribution in [0.2, 0.25) is 0 Å². The predicted octanol–water partition coefficient (Wildman–Crippen LogP) is -8.99. The summed E-state index contributed by atoms with van der Waals surface area (Å²) < 4.78 is 0. The molecule has 0 saturated heterocycles. The molecule has 0 aliphatic heterocycles. The van der Waals surface area contributed by atoms with Gasteiger partial charge in [-0.25, -0.2) is 0 Å². The van der Waals surface area contributed by atoms with E-state index >= 15 is 0 Å². The van der Waals surface area contributed by atoms with E-state index in [4.69, 9.17) is 0 Å². The molecule has 7 heteroatoms. The van der Waals surface area contributed by atoms with Crippen molar-refractivity contribution in [3.63, 3.8) is 0 Å². The molecule has 3 radical (unpaired) electrons. The van der Waals surface area contributed by atoms with Crippen LogP contribution in [0.25, 0.3) is 0 Å². The molecule has 0 unspecified atom stereocenters. The van der Waals surface area contributed by atoms with Crippen LogP contribution < -0.4 is 37.2 Å². The molecule has 0 heterocycles. The summed E-state index contributed by atoms with van der Waals surface area (Å²) in [4.78, 5) is 0. The van der Waals surface area contributed by atoms with Gasteiger partial charge in [0, 0.05) is 119 Å². The van der Waals surface area contributed by atoms with E-state index in [9.17, 15) is 0 Å². The second kappa shape index (κ2) is 39.9. The summed E-state index contributed by atoms with van der Waals surface area (Å²) in [6, 6.07) is 0. The van der Waals surface area contributed by atoms with E-state index in [0.717, 1.165) is 0 Å². The first kappa shape index (κ1) is 51.3. The zero-order valence-electron chi connectivity index (χ0n) is 3.29.